The van der Waals surface area contributed by atoms with E-state index >= 15 is 0 Å². The topological polar surface area (TPSA) is 76.7 Å². The molecule has 0 aliphatic heterocycles. The van der Waals surface area contributed by atoms with Crippen LogP contribution in [-0.4, -0.2) is 38.2 Å². The molecule has 6 nitrogen and oxygen atoms in total. The van der Waals surface area contributed by atoms with Crippen LogP contribution in [0.4, 0.5) is 5.69 Å². The third-order valence-corrected chi connectivity index (χ3v) is 5.14. The number of carbonyl (C=O) groups is 2. The van der Waals surface area contributed by atoms with Crippen molar-refractivity contribution in [3.05, 3.63) is 84.4 Å². The third kappa shape index (κ3) is 6.92. The number of rotatable bonds is 11. The lowest BCUT2D eigenvalue weighted by Gasteiger charge is -2.19. The van der Waals surface area contributed by atoms with Crippen LogP contribution in [0.5, 0.6) is 5.75 Å². The van der Waals surface area contributed by atoms with E-state index in [0.29, 0.717) is 43.0 Å². The van der Waals surface area contributed by atoms with Gasteiger partial charge in [-0.25, -0.2) is 0 Å². The van der Waals surface area contributed by atoms with Gasteiger partial charge in [-0.2, -0.15) is 0 Å². The summed E-state index contributed by atoms with van der Waals surface area (Å²) in [7, 11) is 1.62. The maximum Gasteiger partial charge on any atom is 0.265 e. The Bertz CT molecular complexity index is 1040. The first-order valence-electron chi connectivity index (χ1n) is 11.1. The van der Waals surface area contributed by atoms with E-state index in [9.17, 15) is 9.59 Å². The van der Waals surface area contributed by atoms with E-state index in [4.69, 9.17) is 9.47 Å². The van der Waals surface area contributed by atoms with Crippen LogP contribution in [0, 0.1) is 0 Å². The highest BCUT2D eigenvalue weighted by atomic mass is 16.5. The van der Waals surface area contributed by atoms with Crippen molar-refractivity contribution in [2.45, 2.75) is 25.9 Å². The van der Waals surface area contributed by atoms with Gasteiger partial charge in [0.15, 0.2) is 6.10 Å². The van der Waals surface area contributed by atoms with Gasteiger partial charge in [0.1, 0.15) is 5.75 Å². The zero-order valence-electron chi connectivity index (χ0n) is 19.0. The number of ether oxygens (including phenoxy) is 2. The summed E-state index contributed by atoms with van der Waals surface area (Å²) >= 11 is 0. The fourth-order valence-corrected chi connectivity index (χ4v) is 3.36. The molecule has 2 N–H and O–H groups in total. The highest BCUT2D eigenvalue weighted by molar-refractivity contribution is 6.04. The van der Waals surface area contributed by atoms with Gasteiger partial charge in [0, 0.05) is 20.3 Å². The van der Waals surface area contributed by atoms with Crippen molar-refractivity contribution in [2.24, 2.45) is 0 Å². The van der Waals surface area contributed by atoms with Gasteiger partial charge in [0.2, 0.25) is 0 Å². The van der Waals surface area contributed by atoms with Crippen molar-refractivity contribution in [3.8, 4) is 16.9 Å². The third-order valence-electron chi connectivity index (χ3n) is 5.14. The molecule has 172 valence electrons. The number of hydrogen-bond donors (Lipinski definition) is 2. The minimum Gasteiger partial charge on any atom is -0.481 e. The molecular formula is C27H30N2O4. The average molecular weight is 447 g/mol. The van der Waals surface area contributed by atoms with E-state index in [0.717, 1.165) is 11.1 Å². The maximum absolute atomic E-state index is 12.9. The number of nitrogens with one attached hydrogen (secondary N) is 2. The van der Waals surface area contributed by atoms with E-state index in [-0.39, 0.29) is 11.8 Å². The molecular weight excluding hydrogens is 416 g/mol. The summed E-state index contributed by atoms with van der Waals surface area (Å²) in [6.45, 7) is 2.95. The van der Waals surface area contributed by atoms with Gasteiger partial charge < -0.3 is 20.1 Å². The second kappa shape index (κ2) is 12.4. The Kier molecular flexibility index (Phi) is 9.03. The molecule has 3 aromatic carbocycles. The van der Waals surface area contributed by atoms with Gasteiger partial charge >= 0.3 is 0 Å². The van der Waals surface area contributed by atoms with Crippen molar-refractivity contribution < 1.29 is 19.1 Å². The maximum atomic E-state index is 12.9. The molecule has 6 heteroatoms. The summed E-state index contributed by atoms with van der Waals surface area (Å²) < 4.78 is 11.0. The molecule has 0 spiro atoms. The molecule has 0 saturated heterocycles. The van der Waals surface area contributed by atoms with Crippen LogP contribution in [-0.2, 0) is 9.53 Å². The SMILES string of the molecule is CCC(Oc1ccc(-c2ccccc2)cc1)C(=O)Nc1ccccc1C(=O)NCCCOC. The van der Waals surface area contributed by atoms with E-state index in [1.54, 1.807) is 31.4 Å². The van der Waals surface area contributed by atoms with Gasteiger partial charge in [0.05, 0.1) is 11.3 Å². The Morgan fingerprint density at radius 1 is 0.879 bits per heavy atom. The zero-order chi connectivity index (χ0) is 23.5. The Hall–Kier alpha value is -3.64. The molecule has 3 rings (SSSR count). The number of carbonyl (C=O) groups excluding carboxylic acids is 2. The molecule has 0 aliphatic carbocycles. The first-order valence-corrected chi connectivity index (χ1v) is 11.1. The molecule has 2 amide bonds. The van der Waals surface area contributed by atoms with Crippen LogP contribution in [0.25, 0.3) is 11.1 Å². The van der Waals surface area contributed by atoms with Crippen LogP contribution >= 0.6 is 0 Å². The predicted octanol–water partition coefficient (Wildman–Crippen LogP) is 4.92. The van der Waals surface area contributed by atoms with Crippen LogP contribution in [0.15, 0.2) is 78.9 Å². The summed E-state index contributed by atoms with van der Waals surface area (Å²) in [5.41, 5.74) is 3.05. The normalized spacial score (nSPS) is 11.5. The largest absolute Gasteiger partial charge is 0.481 e. The smallest absolute Gasteiger partial charge is 0.265 e. The number of anilines is 1. The first-order chi connectivity index (χ1) is 16.1. The lowest BCUT2D eigenvalue weighted by Crippen LogP contribution is -2.33. The van der Waals surface area contributed by atoms with Crippen LogP contribution < -0.4 is 15.4 Å². The number of hydrogen-bond acceptors (Lipinski definition) is 4. The summed E-state index contributed by atoms with van der Waals surface area (Å²) in [4.78, 5) is 25.5. The number of amides is 2. The molecule has 1 unspecified atom stereocenters. The van der Waals surface area contributed by atoms with E-state index < -0.39 is 6.10 Å². The van der Waals surface area contributed by atoms with Gasteiger partial charge in [-0.15, -0.1) is 0 Å². The highest BCUT2D eigenvalue weighted by Gasteiger charge is 2.21. The molecule has 1 atom stereocenters. The Labute approximate surface area is 194 Å². The van der Waals surface area contributed by atoms with Crippen molar-refractivity contribution in [3.63, 3.8) is 0 Å². The van der Waals surface area contributed by atoms with E-state index in [2.05, 4.69) is 10.6 Å². The lowest BCUT2D eigenvalue weighted by molar-refractivity contribution is -0.122. The van der Waals surface area contributed by atoms with Gasteiger partial charge in [-0.05, 0) is 48.2 Å². The van der Waals surface area contributed by atoms with Gasteiger partial charge in [-0.1, -0.05) is 61.5 Å². The Balaban J connectivity index is 1.64. The summed E-state index contributed by atoms with van der Waals surface area (Å²) in [6, 6.07) is 24.7. The first kappa shape index (κ1) is 24.0. The van der Waals surface area contributed by atoms with Crippen molar-refractivity contribution in [1.82, 2.24) is 5.32 Å². The van der Waals surface area contributed by atoms with Gasteiger partial charge in [-0.3, -0.25) is 9.59 Å². The zero-order valence-corrected chi connectivity index (χ0v) is 19.0. The lowest BCUT2D eigenvalue weighted by atomic mass is 10.1. The van der Waals surface area contributed by atoms with Crippen LogP contribution in [0.1, 0.15) is 30.1 Å². The second-order valence-corrected chi connectivity index (χ2v) is 7.54. The molecule has 3 aromatic rings. The molecule has 0 aromatic heterocycles. The second-order valence-electron chi connectivity index (χ2n) is 7.54. The predicted molar refractivity (Wildman–Crippen MR) is 130 cm³/mol. The number of methoxy groups -OCH3 is 1. The van der Waals surface area contributed by atoms with Crippen LogP contribution in [0.3, 0.4) is 0 Å². The summed E-state index contributed by atoms with van der Waals surface area (Å²) in [5.74, 6) is 0.0672. The molecule has 0 heterocycles. The van der Waals surface area contributed by atoms with Crippen LogP contribution in [0.2, 0.25) is 0 Å². The summed E-state index contributed by atoms with van der Waals surface area (Å²) in [5, 5.41) is 5.70. The van der Waals surface area contributed by atoms with Gasteiger partial charge in [0.25, 0.3) is 11.8 Å². The monoisotopic (exact) mass is 446 g/mol. The quantitative estimate of drug-likeness (QED) is 0.410. The molecule has 0 fully saturated rings. The molecule has 33 heavy (non-hydrogen) atoms. The number of para-hydroxylation sites is 1. The number of benzene rings is 3. The van der Waals surface area contributed by atoms with Crippen molar-refractivity contribution in [1.29, 1.82) is 0 Å². The molecule has 0 aliphatic rings. The molecule has 0 bridgehead atoms. The highest BCUT2D eigenvalue weighted by Crippen LogP contribution is 2.23. The van der Waals surface area contributed by atoms with E-state index in [1.165, 1.54) is 0 Å². The molecule has 0 radical (unpaired) electrons. The van der Waals surface area contributed by atoms with Crippen molar-refractivity contribution >= 4 is 17.5 Å². The molecule has 0 saturated carbocycles. The minimum atomic E-state index is -0.689. The van der Waals surface area contributed by atoms with Crippen molar-refractivity contribution in [2.75, 3.05) is 25.6 Å². The Morgan fingerprint density at radius 3 is 2.24 bits per heavy atom. The fourth-order valence-electron chi connectivity index (χ4n) is 3.36. The summed E-state index contributed by atoms with van der Waals surface area (Å²) in [6.07, 6.45) is 0.508. The Morgan fingerprint density at radius 2 is 1.55 bits per heavy atom. The average Bonchev–Trinajstić information content (AvgIpc) is 2.86. The fraction of sp³-hybridized carbons (Fsp3) is 0.259. The minimum absolute atomic E-state index is 0.243. The standard InChI is InChI=1S/C27H30N2O4/c1-3-25(33-22-16-14-21(15-17-22)20-10-5-4-6-11-20)27(31)29-24-13-8-7-12-23(24)26(30)28-18-9-19-32-2/h4-8,10-17,25H,3,9,18-19H2,1-2H3,(H,28,30)(H,29,31). The van der Waals surface area contributed by atoms with E-state index in [1.807, 2.05) is 61.5 Å².